The summed E-state index contributed by atoms with van der Waals surface area (Å²) in [6.07, 6.45) is 6.39. The minimum absolute atomic E-state index is 0.166. The van der Waals surface area contributed by atoms with Crippen molar-refractivity contribution in [2.45, 2.75) is 79.4 Å². The summed E-state index contributed by atoms with van der Waals surface area (Å²) in [6, 6.07) is 0. The van der Waals surface area contributed by atoms with Crippen LogP contribution >= 0.6 is 0 Å². The Balaban J connectivity index is 1.95. The van der Waals surface area contributed by atoms with Gasteiger partial charge >= 0.3 is 0 Å². The van der Waals surface area contributed by atoms with Gasteiger partial charge in [0, 0.05) is 19.7 Å². The summed E-state index contributed by atoms with van der Waals surface area (Å²) in [5.41, 5.74) is 0.398. The van der Waals surface area contributed by atoms with Crippen LogP contribution in [0.4, 0.5) is 0 Å². The van der Waals surface area contributed by atoms with Crippen molar-refractivity contribution in [1.82, 2.24) is 20.8 Å². The normalized spacial score (nSPS) is 18.1. The van der Waals surface area contributed by atoms with Crippen LogP contribution in [-0.2, 0) is 11.3 Å². The summed E-state index contributed by atoms with van der Waals surface area (Å²) in [5, 5.41) is 10.9. The Morgan fingerprint density at radius 3 is 2.59 bits per heavy atom. The predicted octanol–water partition coefficient (Wildman–Crippen LogP) is 3.83. The Labute approximate surface area is 163 Å². The van der Waals surface area contributed by atoms with Crippen molar-refractivity contribution < 1.29 is 9.26 Å². The third-order valence-corrected chi connectivity index (χ3v) is 5.12. The Bertz CT molecular complexity index is 579. The van der Waals surface area contributed by atoms with Crippen LogP contribution in [0.15, 0.2) is 9.52 Å². The van der Waals surface area contributed by atoms with Crippen molar-refractivity contribution >= 4 is 5.96 Å². The van der Waals surface area contributed by atoms with Gasteiger partial charge in [0.15, 0.2) is 11.8 Å². The van der Waals surface area contributed by atoms with E-state index in [9.17, 15) is 0 Å². The minimum atomic E-state index is -0.166. The van der Waals surface area contributed by atoms with Crippen LogP contribution in [0.25, 0.3) is 0 Å². The summed E-state index contributed by atoms with van der Waals surface area (Å²) in [7, 11) is 0. The van der Waals surface area contributed by atoms with Gasteiger partial charge in [0.25, 0.3) is 0 Å². The third-order valence-electron chi connectivity index (χ3n) is 5.12. The predicted molar refractivity (Wildman–Crippen MR) is 108 cm³/mol. The van der Waals surface area contributed by atoms with Crippen LogP contribution in [0.3, 0.4) is 0 Å². The second-order valence-electron chi connectivity index (χ2n) is 8.00. The van der Waals surface area contributed by atoms with Gasteiger partial charge in [-0.2, -0.15) is 4.98 Å². The van der Waals surface area contributed by atoms with E-state index in [0.29, 0.717) is 36.2 Å². The molecule has 1 aliphatic rings. The summed E-state index contributed by atoms with van der Waals surface area (Å²) in [6.45, 7) is 13.3. The lowest BCUT2D eigenvalue weighted by Crippen LogP contribution is -2.43. The molecule has 1 heterocycles. The maximum atomic E-state index is 5.50. The standard InChI is InChI=1S/C20H37N5O2/c1-6-21-19(23-14-20(12-15(3)4)10-8-9-11-20)22-13-17-24-18(25-27-17)16(5)26-7-2/h15-16H,6-14H2,1-5H3,(H2,21,22,23). The lowest BCUT2D eigenvalue weighted by molar-refractivity contribution is 0.0683. The highest BCUT2D eigenvalue weighted by Gasteiger charge is 2.34. The molecule has 1 atom stereocenters. The zero-order valence-corrected chi connectivity index (χ0v) is 17.7. The lowest BCUT2D eigenvalue weighted by atomic mass is 9.78. The molecular formula is C20H37N5O2. The van der Waals surface area contributed by atoms with Crippen LogP contribution in [-0.4, -0.2) is 35.8 Å². The molecule has 1 aromatic heterocycles. The van der Waals surface area contributed by atoms with Gasteiger partial charge in [-0.05, 0) is 51.4 Å². The second-order valence-corrected chi connectivity index (χ2v) is 8.00. The molecule has 1 aromatic rings. The first-order valence-corrected chi connectivity index (χ1v) is 10.4. The quantitative estimate of drug-likeness (QED) is 0.475. The SMILES string of the molecule is CCNC(=NCc1nc(C(C)OCC)no1)NCC1(CC(C)C)CCCC1. The topological polar surface area (TPSA) is 84.6 Å². The van der Waals surface area contributed by atoms with Gasteiger partial charge in [-0.15, -0.1) is 0 Å². The van der Waals surface area contributed by atoms with Gasteiger partial charge in [-0.1, -0.05) is 31.8 Å². The molecule has 1 aliphatic carbocycles. The Hall–Kier alpha value is -1.63. The highest BCUT2D eigenvalue weighted by molar-refractivity contribution is 5.79. The van der Waals surface area contributed by atoms with E-state index in [1.807, 2.05) is 13.8 Å². The molecule has 7 nitrogen and oxygen atoms in total. The molecule has 0 amide bonds. The molecule has 1 saturated carbocycles. The van der Waals surface area contributed by atoms with Gasteiger partial charge in [0.1, 0.15) is 12.6 Å². The Kier molecular flexibility index (Phi) is 8.54. The average Bonchev–Trinajstić information content (AvgIpc) is 3.27. The number of aliphatic imine (C=N–C) groups is 1. The van der Waals surface area contributed by atoms with Crippen LogP contribution in [0.1, 0.15) is 84.5 Å². The Morgan fingerprint density at radius 1 is 1.22 bits per heavy atom. The molecule has 0 bridgehead atoms. The third kappa shape index (κ3) is 6.79. The molecule has 1 fully saturated rings. The zero-order chi connectivity index (χ0) is 19.7. The number of nitrogens with one attached hydrogen (secondary N) is 2. The van der Waals surface area contributed by atoms with E-state index < -0.39 is 0 Å². The smallest absolute Gasteiger partial charge is 0.248 e. The molecule has 1 unspecified atom stereocenters. The van der Waals surface area contributed by atoms with Gasteiger partial charge in [0.05, 0.1) is 0 Å². The lowest BCUT2D eigenvalue weighted by Gasteiger charge is -2.31. The molecule has 0 saturated heterocycles. The van der Waals surface area contributed by atoms with Gasteiger partial charge in [-0.3, -0.25) is 0 Å². The average molecular weight is 380 g/mol. The summed E-state index contributed by atoms with van der Waals surface area (Å²) in [5.74, 6) is 2.60. The fraction of sp³-hybridized carbons (Fsp3) is 0.850. The summed E-state index contributed by atoms with van der Waals surface area (Å²) >= 11 is 0. The highest BCUT2D eigenvalue weighted by atomic mass is 16.5. The summed E-state index contributed by atoms with van der Waals surface area (Å²) in [4.78, 5) is 9.02. The van der Waals surface area contributed by atoms with Crippen molar-refractivity contribution in [3.63, 3.8) is 0 Å². The van der Waals surface area contributed by atoms with Gasteiger partial charge in [0.2, 0.25) is 5.89 Å². The van der Waals surface area contributed by atoms with Crippen LogP contribution < -0.4 is 10.6 Å². The first-order chi connectivity index (χ1) is 13.0. The molecule has 154 valence electrons. The minimum Gasteiger partial charge on any atom is -0.371 e. The van der Waals surface area contributed by atoms with E-state index >= 15 is 0 Å². The Morgan fingerprint density at radius 2 is 1.96 bits per heavy atom. The number of rotatable bonds is 10. The number of aromatic nitrogens is 2. The number of hydrogen-bond donors (Lipinski definition) is 2. The largest absolute Gasteiger partial charge is 0.371 e. The maximum absolute atomic E-state index is 5.50. The van der Waals surface area contributed by atoms with Crippen molar-refractivity contribution in [2.75, 3.05) is 19.7 Å². The highest BCUT2D eigenvalue weighted by Crippen LogP contribution is 2.42. The fourth-order valence-corrected chi connectivity index (χ4v) is 4.03. The number of guanidine groups is 1. The molecule has 27 heavy (non-hydrogen) atoms. The maximum Gasteiger partial charge on any atom is 0.248 e. The molecular weight excluding hydrogens is 342 g/mol. The van der Waals surface area contributed by atoms with Crippen molar-refractivity contribution in [1.29, 1.82) is 0 Å². The molecule has 0 radical (unpaired) electrons. The molecule has 0 aromatic carbocycles. The van der Waals surface area contributed by atoms with Crippen LogP contribution in [0, 0.1) is 11.3 Å². The molecule has 2 rings (SSSR count). The summed E-state index contributed by atoms with van der Waals surface area (Å²) < 4.78 is 10.8. The first kappa shape index (κ1) is 21.7. The van der Waals surface area contributed by atoms with E-state index in [1.54, 1.807) is 0 Å². The van der Waals surface area contributed by atoms with E-state index in [4.69, 9.17) is 9.26 Å². The van der Waals surface area contributed by atoms with Crippen molar-refractivity contribution in [3.05, 3.63) is 11.7 Å². The fourth-order valence-electron chi connectivity index (χ4n) is 4.03. The van der Waals surface area contributed by atoms with Crippen molar-refractivity contribution in [2.24, 2.45) is 16.3 Å². The number of nitrogens with zero attached hydrogens (tertiary/aromatic N) is 3. The van der Waals surface area contributed by atoms with E-state index in [-0.39, 0.29) is 6.10 Å². The van der Waals surface area contributed by atoms with Crippen LogP contribution in [0.2, 0.25) is 0 Å². The number of ether oxygens (including phenoxy) is 1. The molecule has 0 aliphatic heterocycles. The molecule has 2 N–H and O–H groups in total. The van der Waals surface area contributed by atoms with Gasteiger partial charge in [-0.25, -0.2) is 4.99 Å². The molecule has 7 heteroatoms. The van der Waals surface area contributed by atoms with E-state index in [2.05, 4.69) is 46.5 Å². The monoisotopic (exact) mass is 379 g/mol. The van der Waals surface area contributed by atoms with Gasteiger partial charge < -0.3 is 19.9 Å². The van der Waals surface area contributed by atoms with Crippen molar-refractivity contribution in [3.8, 4) is 0 Å². The van der Waals surface area contributed by atoms with E-state index in [1.165, 1.54) is 32.1 Å². The van der Waals surface area contributed by atoms with E-state index in [0.717, 1.165) is 19.0 Å². The molecule has 0 spiro atoms. The first-order valence-electron chi connectivity index (χ1n) is 10.4. The zero-order valence-electron chi connectivity index (χ0n) is 17.7. The second kappa shape index (κ2) is 10.6. The number of hydrogen-bond acceptors (Lipinski definition) is 5. The van der Waals surface area contributed by atoms with Crippen LogP contribution in [0.5, 0.6) is 0 Å².